The molecule has 0 aromatic heterocycles. The maximum absolute atomic E-state index is 11.6. The summed E-state index contributed by atoms with van der Waals surface area (Å²) in [4.78, 5) is 11.6. The molecule has 0 fully saturated rings. The molecule has 1 atom stereocenters. The molecule has 0 aliphatic heterocycles. The molecule has 3 N–H and O–H groups in total. The van der Waals surface area contributed by atoms with Crippen LogP contribution in [-0.2, 0) is 11.2 Å². The van der Waals surface area contributed by atoms with Gasteiger partial charge in [-0.1, -0.05) is 6.07 Å². The fraction of sp³-hybridized carbons (Fsp3) is 0.562. The summed E-state index contributed by atoms with van der Waals surface area (Å²) in [5, 5.41) is 2.69. The summed E-state index contributed by atoms with van der Waals surface area (Å²) in [7, 11) is 1.64. The Hall–Kier alpha value is -1.75. The molecule has 5 heteroatoms. The predicted molar refractivity (Wildman–Crippen MR) is 83.6 cm³/mol. The summed E-state index contributed by atoms with van der Waals surface area (Å²) in [5.74, 6) is 0.830. The lowest BCUT2D eigenvalue weighted by molar-refractivity contribution is 0.0524. The molecule has 0 aliphatic rings. The second-order valence-electron chi connectivity index (χ2n) is 6.14. The van der Waals surface area contributed by atoms with Crippen molar-refractivity contribution >= 4 is 6.09 Å². The van der Waals surface area contributed by atoms with Gasteiger partial charge in [-0.15, -0.1) is 0 Å². The lowest BCUT2D eigenvalue weighted by atomic mass is 10.0. The van der Waals surface area contributed by atoms with Crippen LogP contribution < -0.4 is 15.8 Å². The molecule has 1 aromatic rings. The minimum Gasteiger partial charge on any atom is -0.497 e. The van der Waals surface area contributed by atoms with Gasteiger partial charge in [-0.2, -0.15) is 0 Å². The van der Waals surface area contributed by atoms with Gasteiger partial charge in [0.15, 0.2) is 0 Å². The van der Waals surface area contributed by atoms with E-state index < -0.39 is 11.7 Å². The SMILES string of the molecule is COc1ccc(CC(N)CNC(=O)OC(C)(C)C)c(C)c1. The van der Waals surface area contributed by atoms with Crippen LogP contribution in [0.3, 0.4) is 0 Å². The summed E-state index contributed by atoms with van der Waals surface area (Å²) in [6.07, 6.45) is 0.246. The van der Waals surface area contributed by atoms with Gasteiger partial charge in [-0.05, 0) is 57.4 Å². The topological polar surface area (TPSA) is 73.6 Å². The van der Waals surface area contributed by atoms with Crippen LogP contribution in [0.4, 0.5) is 4.79 Å². The standard InChI is InChI=1S/C16H26N2O3/c1-11-8-14(20-5)7-6-12(11)9-13(17)10-18-15(19)21-16(2,3)4/h6-8,13H,9-10,17H2,1-5H3,(H,18,19). The number of hydrogen-bond acceptors (Lipinski definition) is 4. The number of carbonyl (C=O) groups excluding carboxylic acids is 1. The van der Waals surface area contributed by atoms with Gasteiger partial charge in [0.05, 0.1) is 7.11 Å². The average molecular weight is 294 g/mol. The molecule has 1 amide bonds. The Labute approximate surface area is 126 Å². The molecule has 0 bridgehead atoms. The molecule has 118 valence electrons. The lowest BCUT2D eigenvalue weighted by Crippen LogP contribution is -2.41. The largest absolute Gasteiger partial charge is 0.497 e. The first-order valence-electron chi connectivity index (χ1n) is 7.07. The van der Waals surface area contributed by atoms with Crippen molar-refractivity contribution in [2.75, 3.05) is 13.7 Å². The average Bonchev–Trinajstić information content (AvgIpc) is 2.37. The molecule has 21 heavy (non-hydrogen) atoms. The number of rotatable bonds is 5. The predicted octanol–water partition coefficient (Wildman–Crippen LogP) is 2.40. The van der Waals surface area contributed by atoms with Crippen molar-refractivity contribution in [1.82, 2.24) is 5.32 Å². The van der Waals surface area contributed by atoms with Crippen LogP contribution in [0.15, 0.2) is 18.2 Å². The zero-order valence-corrected chi connectivity index (χ0v) is 13.5. The van der Waals surface area contributed by atoms with Crippen LogP contribution in [0.1, 0.15) is 31.9 Å². The molecule has 5 nitrogen and oxygen atoms in total. The van der Waals surface area contributed by atoms with Crippen LogP contribution in [0.2, 0.25) is 0 Å². The summed E-state index contributed by atoms with van der Waals surface area (Å²) in [6, 6.07) is 5.73. The normalized spacial score (nSPS) is 12.7. The highest BCUT2D eigenvalue weighted by Gasteiger charge is 2.16. The third kappa shape index (κ3) is 6.49. The highest BCUT2D eigenvalue weighted by molar-refractivity contribution is 5.67. The van der Waals surface area contributed by atoms with Gasteiger partial charge in [-0.25, -0.2) is 4.79 Å². The summed E-state index contributed by atoms with van der Waals surface area (Å²) in [5.41, 5.74) is 7.83. The smallest absolute Gasteiger partial charge is 0.407 e. The molecule has 0 heterocycles. The van der Waals surface area contributed by atoms with Gasteiger partial charge < -0.3 is 20.5 Å². The van der Waals surface area contributed by atoms with E-state index in [0.717, 1.165) is 16.9 Å². The van der Waals surface area contributed by atoms with Crippen LogP contribution >= 0.6 is 0 Å². The van der Waals surface area contributed by atoms with Gasteiger partial charge in [0.25, 0.3) is 0 Å². The van der Waals surface area contributed by atoms with E-state index in [0.29, 0.717) is 13.0 Å². The first-order valence-corrected chi connectivity index (χ1v) is 7.07. The Balaban J connectivity index is 2.47. The molecule has 0 radical (unpaired) electrons. The van der Waals surface area contributed by atoms with Crippen molar-refractivity contribution in [2.45, 2.75) is 45.8 Å². The zero-order valence-electron chi connectivity index (χ0n) is 13.5. The molecular formula is C16H26N2O3. The Bertz CT molecular complexity index is 481. The Morgan fingerprint density at radius 3 is 2.57 bits per heavy atom. The first-order chi connectivity index (χ1) is 9.71. The number of hydrogen-bond donors (Lipinski definition) is 2. The lowest BCUT2D eigenvalue weighted by Gasteiger charge is -2.21. The molecule has 0 saturated heterocycles. The maximum Gasteiger partial charge on any atom is 0.407 e. The number of benzene rings is 1. The van der Waals surface area contributed by atoms with E-state index in [2.05, 4.69) is 5.32 Å². The second-order valence-corrected chi connectivity index (χ2v) is 6.14. The maximum atomic E-state index is 11.6. The minimum atomic E-state index is -0.499. The second kappa shape index (κ2) is 7.31. The number of alkyl carbamates (subject to hydrolysis) is 1. The molecule has 1 unspecified atom stereocenters. The zero-order chi connectivity index (χ0) is 16.0. The molecule has 0 spiro atoms. The van der Waals surface area contributed by atoms with Gasteiger partial charge >= 0.3 is 6.09 Å². The monoisotopic (exact) mass is 294 g/mol. The Morgan fingerprint density at radius 1 is 1.38 bits per heavy atom. The number of ether oxygens (including phenoxy) is 2. The Morgan fingerprint density at radius 2 is 2.05 bits per heavy atom. The van der Waals surface area contributed by atoms with E-state index in [1.54, 1.807) is 7.11 Å². The van der Waals surface area contributed by atoms with Crippen LogP contribution in [0.25, 0.3) is 0 Å². The van der Waals surface area contributed by atoms with Crippen molar-refractivity contribution < 1.29 is 14.3 Å². The van der Waals surface area contributed by atoms with Crippen molar-refractivity contribution in [2.24, 2.45) is 5.73 Å². The van der Waals surface area contributed by atoms with Gasteiger partial charge in [0.2, 0.25) is 0 Å². The number of nitrogens with two attached hydrogens (primary N) is 1. The summed E-state index contributed by atoms with van der Waals surface area (Å²) in [6.45, 7) is 7.87. The number of aryl methyl sites for hydroxylation is 1. The molecule has 0 saturated carbocycles. The Kier molecular flexibility index (Phi) is 6.03. The van der Waals surface area contributed by atoms with Crippen LogP contribution in [-0.4, -0.2) is 31.4 Å². The third-order valence-corrected chi connectivity index (χ3v) is 2.94. The van der Waals surface area contributed by atoms with E-state index in [4.69, 9.17) is 15.2 Å². The van der Waals surface area contributed by atoms with Crippen molar-refractivity contribution in [3.05, 3.63) is 29.3 Å². The minimum absolute atomic E-state index is 0.162. The number of nitrogens with one attached hydrogen (secondary N) is 1. The molecule has 1 aromatic carbocycles. The van der Waals surface area contributed by atoms with E-state index >= 15 is 0 Å². The number of methoxy groups -OCH3 is 1. The van der Waals surface area contributed by atoms with E-state index in [-0.39, 0.29) is 6.04 Å². The number of carbonyl (C=O) groups is 1. The van der Waals surface area contributed by atoms with E-state index in [9.17, 15) is 4.79 Å². The summed E-state index contributed by atoms with van der Waals surface area (Å²) >= 11 is 0. The molecule has 0 aliphatic carbocycles. The van der Waals surface area contributed by atoms with Crippen molar-refractivity contribution in [3.63, 3.8) is 0 Å². The van der Waals surface area contributed by atoms with E-state index in [1.807, 2.05) is 45.9 Å². The van der Waals surface area contributed by atoms with Crippen LogP contribution in [0.5, 0.6) is 5.75 Å². The number of amides is 1. The van der Waals surface area contributed by atoms with Gasteiger partial charge in [0, 0.05) is 12.6 Å². The quantitative estimate of drug-likeness (QED) is 0.874. The fourth-order valence-corrected chi connectivity index (χ4v) is 1.91. The van der Waals surface area contributed by atoms with Crippen molar-refractivity contribution in [1.29, 1.82) is 0 Å². The fourth-order valence-electron chi connectivity index (χ4n) is 1.91. The van der Waals surface area contributed by atoms with Crippen LogP contribution in [0, 0.1) is 6.92 Å². The molecule has 1 rings (SSSR count). The first kappa shape index (κ1) is 17.3. The van der Waals surface area contributed by atoms with E-state index in [1.165, 1.54) is 0 Å². The molecular weight excluding hydrogens is 268 g/mol. The van der Waals surface area contributed by atoms with Crippen molar-refractivity contribution in [3.8, 4) is 5.75 Å². The van der Waals surface area contributed by atoms with Gasteiger partial charge in [0.1, 0.15) is 11.4 Å². The highest BCUT2D eigenvalue weighted by Crippen LogP contribution is 2.17. The summed E-state index contributed by atoms with van der Waals surface area (Å²) < 4.78 is 10.3. The highest BCUT2D eigenvalue weighted by atomic mass is 16.6. The van der Waals surface area contributed by atoms with Gasteiger partial charge in [-0.3, -0.25) is 0 Å². The third-order valence-electron chi connectivity index (χ3n) is 2.94.